The maximum atomic E-state index is 11.1. The van der Waals surface area contributed by atoms with Crippen LogP contribution < -0.4 is 58.7 Å². The van der Waals surface area contributed by atoms with Crippen LogP contribution in [0.15, 0.2) is 0 Å². The van der Waals surface area contributed by atoms with Crippen molar-refractivity contribution in [2.24, 2.45) is 0 Å². The standard InChI is InChI=1S/C6H18O24P6.4Ga/c7-31(8,9)25-1-2(26-32(10,11)12)4(28-34(16,17)18)6(30-36(22,23)24)5(29-35(19,20)21)3(1)27-33(13,14)15;;;;/h1-6H,(H2,7,8,9)(H2,10,11,12)(H2,13,14,15)(H2,16,17,18)(H2,19,20,21)(H2,22,23,24);;;;/q;4*+3/p-12. The molecule has 1 saturated carbocycles. The van der Waals surface area contributed by atoms with Gasteiger partial charge in [0.25, 0.3) is 0 Å². The molecule has 0 aromatic heterocycles. The molecule has 1 aliphatic carbocycles. The summed E-state index contributed by atoms with van der Waals surface area (Å²) >= 11 is 0. The zero-order valence-corrected chi connectivity index (χ0v) is 33.3. The number of phosphoric ester groups is 6. The molecule has 0 atom stereocenters. The van der Waals surface area contributed by atoms with E-state index in [-0.39, 0.29) is 79.2 Å². The molecule has 40 heavy (non-hydrogen) atoms. The van der Waals surface area contributed by atoms with Crippen LogP contribution in [0.1, 0.15) is 0 Å². The minimum absolute atomic E-state index is 0. The van der Waals surface area contributed by atoms with Gasteiger partial charge < -0.3 is 113 Å². The van der Waals surface area contributed by atoms with Gasteiger partial charge in [0.2, 0.25) is 0 Å². The quantitative estimate of drug-likeness (QED) is 0.129. The summed E-state index contributed by atoms with van der Waals surface area (Å²) in [6, 6.07) is 0. The molecule has 0 aromatic carbocycles. The molecule has 0 aliphatic heterocycles. The molecular weight excluding hydrogens is 921 g/mol. The molecule has 1 aliphatic rings. The van der Waals surface area contributed by atoms with Gasteiger partial charge in [-0.2, -0.15) is 0 Å². The molecule has 0 N–H and O–H groups in total. The summed E-state index contributed by atoms with van der Waals surface area (Å²) in [5, 5.41) is 0. The van der Waals surface area contributed by atoms with Crippen molar-refractivity contribution in [2.45, 2.75) is 36.6 Å². The monoisotopic (exact) mass is 923 g/mol. The normalized spacial score (nSPS) is 26.4. The van der Waals surface area contributed by atoms with Gasteiger partial charge >= 0.3 is 79.2 Å². The summed E-state index contributed by atoms with van der Waals surface area (Å²) in [6.45, 7) is 0. The van der Waals surface area contributed by atoms with Crippen LogP contribution in [0.2, 0.25) is 0 Å². The maximum absolute atomic E-state index is 11.1. The Bertz CT molecular complexity index is 837. The van der Waals surface area contributed by atoms with E-state index in [1.165, 1.54) is 0 Å². The number of phosphoric acid groups is 6. The van der Waals surface area contributed by atoms with Gasteiger partial charge in [-0.05, 0) is 0 Å². The van der Waals surface area contributed by atoms with Gasteiger partial charge in [-0.15, -0.1) is 0 Å². The molecular formula is C6H6Ga4O24P6. The van der Waals surface area contributed by atoms with Crippen molar-refractivity contribution in [3.8, 4) is 0 Å². The van der Waals surface area contributed by atoms with Crippen LogP contribution >= 0.6 is 46.9 Å². The molecule has 0 bridgehead atoms. The second-order valence-corrected chi connectivity index (χ2v) is 12.7. The predicted octanol–water partition coefficient (Wildman–Crippen LogP) is -12.2. The number of hydrogen-bond acceptors (Lipinski definition) is 24. The van der Waals surface area contributed by atoms with Gasteiger partial charge in [0.1, 0.15) is 36.6 Å². The fourth-order valence-corrected chi connectivity index (χ4v) is 5.96. The van der Waals surface area contributed by atoms with E-state index in [9.17, 15) is 86.1 Å². The first-order valence-electron chi connectivity index (χ1n) is 7.80. The van der Waals surface area contributed by atoms with Gasteiger partial charge in [0.05, 0.1) is 46.9 Å². The molecule has 0 spiro atoms. The Hall–Kier alpha value is 3.21. The van der Waals surface area contributed by atoms with E-state index < -0.39 is 83.6 Å². The van der Waals surface area contributed by atoms with Crippen LogP contribution in [0, 0.1) is 0 Å². The largest absolute Gasteiger partial charge is 3.00 e. The summed E-state index contributed by atoms with van der Waals surface area (Å²) in [4.78, 5) is 133. The van der Waals surface area contributed by atoms with E-state index in [0.29, 0.717) is 0 Å². The summed E-state index contributed by atoms with van der Waals surface area (Å²) in [7, 11) is -40.1. The van der Waals surface area contributed by atoms with Crippen molar-refractivity contribution in [3.63, 3.8) is 0 Å². The molecule has 1 rings (SSSR count). The Kier molecular flexibility index (Phi) is 22.5. The second-order valence-electron chi connectivity index (χ2n) is 6.10. The van der Waals surface area contributed by atoms with Gasteiger partial charge in [0.15, 0.2) is 0 Å². The minimum atomic E-state index is -6.68. The average molecular weight is 927 g/mol. The third-order valence-corrected chi connectivity index (χ3v) is 6.46. The summed E-state index contributed by atoms with van der Waals surface area (Å²) in [6.07, 6.45) is -21.5. The van der Waals surface area contributed by atoms with Gasteiger partial charge in [-0.25, -0.2) is 0 Å². The Morgan fingerprint density at radius 1 is 0.275 bits per heavy atom. The van der Waals surface area contributed by atoms with E-state index >= 15 is 0 Å². The second kappa shape index (κ2) is 17.9. The molecule has 24 nitrogen and oxygen atoms in total. The molecule has 0 aromatic rings. The maximum Gasteiger partial charge on any atom is 3.00 e. The van der Waals surface area contributed by atoms with Crippen molar-refractivity contribution >= 4 is 126 Å². The van der Waals surface area contributed by atoms with Crippen LogP contribution in [0.25, 0.3) is 0 Å². The molecule has 1 fully saturated rings. The number of rotatable bonds is 12. The summed E-state index contributed by atoms with van der Waals surface area (Å²) in [5.41, 5.74) is 0. The first kappa shape index (κ1) is 50.1. The van der Waals surface area contributed by atoms with E-state index in [1.54, 1.807) is 0 Å². The van der Waals surface area contributed by atoms with Crippen molar-refractivity contribution in [3.05, 3.63) is 0 Å². The van der Waals surface area contributed by atoms with Crippen molar-refractivity contribution in [1.29, 1.82) is 0 Å². The van der Waals surface area contributed by atoms with Gasteiger partial charge in [-0.3, -0.25) is 0 Å². The Morgan fingerprint density at radius 2 is 0.350 bits per heavy atom. The van der Waals surface area contributed by atoms with Gasteiger partial charge in [0, 0.05) is 0 Å². The summed E-state index contributed by atoms with van der Waals surface area (Å²) in [5.74, 6) is 0. The fourth-order valence-electron chi connectivity index (χ4n) is 2.74. The number of hydrogen-bond donors (Lipinski definition) is 0. The first-order chi connectivity index (χ1) is 15.6. The fraction of sp³-hybridized carbons (Fsp3) is 1.00. The third-order valence-electron chi connectivity index (χ3n) is 3.45. The van der Waals surface area contributed by atoms with Crippen molar-refractivity contribution in [1.82, 2.24) is 0 Å². The Morgan fingerprint density at radius 3 is 0.400 bits per heavy atom. The Balaban J connectivity index is -0.00000162. The molecule has 216 valence electrons. The van der Waals surface area contributed by atoms with Crippen LogP contribution in [0.5, 0.6) is 0 Å². The summed E-state index contributed by atoms with van der Waals surface area (Å²) < 4.78 is 88.3. The average Bonchev–Trinajstić information content (AvgIpc) is 2.51. The predicted molar refractivity (Wildman–Crippen MR) is 97.9 cm³/mol. The SMILES string of the molecule is O=P([O-])([O-])OC1C(OP(=O)([O-])[O-])C(OP(=O)([O-])[O-])C(OP(=O)([O-])[O-])C(OP(=O)([O-])[O-])C1OP(=O)([O-])[O-].[Ga+3].[Ga+3].[Ga+3].[Ga+3]. The van der Waals surface area contributed by atoms with Crippen LogP contribution in [0.3, 0.4) is 0 Å². The van der Waals surface area contributed by atoms with E-state index in [1.807, 2.05) is 0 Å². The van der Waals surface area contributed by atoms with Gasteiger partial charge in [-0.1, -0.05) is 0 Å². The van der Waals surface area contributed by atoms with Crippen molar-refractivity contribution in [2.75, 3.05) is 0 Å². The molecule has 0 amide bonds. The van der Waals surface area contributed by atoms with Crippen LogP contribution in [-0.2, 0) is 54.5 Å². The van der Waals surface area contributed by atoms with Crippen LogP contribution in [0.4, 0.5) is 0 Å². The van der Waals surface area contributed by atoms with E-state index in [2.05, 4.69) is 27.1 Å². The zero-order chi connectivity index (χ0) is 28.7. The van der Waals surface area contributed by atoms with Crippen molar-refractivity contribution < 1.29 is 113 Å². The molecule has 0 saturated heterocycles. The zero-order valence-electron chi connectivity index (χ0n) is 18.3. The smallest absolute Gasteiger partial charge is 0.790 e. The molecule has 0 unspecified atom stereocenters. The Labute approximate surface area is 274 Å². The van der Waals surface area contributed by atoms with Crippen LogP contribution in [-0.4, -0.2) is 116 Å². The van der Waals surface area contributed by atoms with E-state index in [0.717, 1.165) is 0 Å². The first-order valence-corrected chi connectivity index (χ1v) is 16.6. The molecule has 0 radical (unpaired) electrons. The molecule has 0 heterocycles. The topological polar surface area (TPSA) is 435 Å². The van der Waals surface area contributed by atoms with E-state index in [4.69, 9.17) is 0 Å². The molecule has 34 heteroatoms. The minimum Gasteiger partial charge on any atom is -0.790 e. The third kappa shape index (κ3) is 20.4.